The first kappa shape index (κ1) is 21.3. The second-order valence-electron chi connectivity index (χ2n) is 6.07. The summed E-state index contributed by atoms with van der Waals surface area (Å²) in [4.78, 5) is 17.9. The Morgan fingerprint density at radius 3 is 2.53 bits per heavy atom. The molecule has 0 fully saturated rings. The van der Waals surface area contributed by atoms with E-state index in [4.69, 9.17) is 16.3 Å². The van der Waals surface area contributed by atoms with Crippen molar-refractivity contribution in [2.45, 2.75) is 19.1 Å². The Labute approximate surface area is 172 Å². The maximum atomic E-state index is 12.9. The minimum absolute atomic E-state index is 0.0554. The van der Waals surface area contributed by atoms with Crippen LogP contribution in [-0.2, 0) is 6.18 Å². The molecule has 0 unspecified atom stereocenters. The minimum Gasteiger partial charge on any atom is -0.481 e. The van der Waals surface area contributed by atoms with Crippen LogP contribution in [0.2, 0.25) is 5.28 Å². The van der Waals surface area contributed by atoms with Gasteiger partial charge < -0.3 is 10.1 Å². The van der Waals surface area contributed by atoms with Crippen LogP contribution in [0.25, 0.3) is 5.69 Å². The molecule has 3 aromatic rings. The third kappa shape index (κ3) is 4.43. The molecule has 9 nitrogen and oxygen atoms in total. The first-order valence-corrected chi connectivity index (χ1v) is 8.73. The molecule has 0 spiro atoms. The lowest BCUT2D eigenvalue weighted by molar-refractivity contribution is -0.384. The van der Waals surface area contributed by atoms with Crippen LogP contribution in [0.3, 0.4) is 0 Å². The van der Waals surface area contributed by atoms with E-state index in [0.29, 0.717) is 11.3 Å². The number of aromatic nitrogens is 4. The smallest absolute Gasteiger partial charge is 0.435 e. The molecule has 0 amide bonds. The fourth-order valence-electron chi connectivity index (χ4n) is 2.62. The normalized spacial score (nSPS) is 12.5. The van der Waals surface area contributed by atoms with E-state index in [0.717, 1.165) is 16.9 Å². The third-order valence-electron chi connectivity index (χ3n) is 4.10. The Hall–Kier alpha value is -3.41. The molecule has 0 aliphatic rings. The van der Waals surface area contributed by atoms with Crippen LogP contribution in [-0.4, -0.2) is 31.8 Å². The van der Waals surface area contributed by atoms with Crippen molar-refractivity contribution in [3.63, 3.8) is 0 Å². The van der Waals surface area contributed by atoms with Crippen molar-refractivity contribution in [3.8, 4) is 11.6 Å². The number of nitro groups is 1. The van der Waals surface area contributed by atoms with Gasteiger partial charge in [0.1, 0.15) is 6.20 Å². The van der Waals surface area contributed by atoms with Gasteiger partial charge in [0, 0.05) is 6.07 Å². The molecule has 2 aromatic heterocycles. The quantitative estimate of drug-likeness (QED) is 0.342. The van der Waals surface area contributed by atoms with Crippen LogP contribution in [0.5, 0.6) is 5.88 Å². The standard InChI is InChI=1S/C17H14ClF3N6O3/c1-9(23-15-12(27(28)29)8-22-16(18)24-15)10-3-5-11(6-4-10)26-14(30-2)7-13(25-26)17(19,20)21/h3-9H,1-2H3,(H,22,23,24)/t9-/m1/s1. The number of hydrogen-bond acceptors (Lipinski definition) is 7. The minimum atomic E-state index is -4.61. The van der Waals surface area contributed by atoms with Crippen molar-refractivity contribution in [1.82, 2.24) is 19.7 Å². The topological polar surface area (TPSA) is 108 Å². The van der Waals surface area contributed by atoms with Crippen LogP contribution in [0.15, 0.2) is 36.5 Å². The van der Waals surface area contributed by atoms with E-state index < -0.39 is 22.8 Å². The van der Waals surface area contributed by atoms with E-state index in [-0.39, 0.29) is 22.7 Å². The number of alkyl halides is 3. The molecule has 0 saturated heterocycles. The first-order chi connectivity index (χ1) is 14.1. The summed E-state index contributed by atoms with van der Waals surface area (Å²) in [5.74, 6) is -0.132. The number of nitrogens with zero attached hydrogens (tertiary/aromatic N) is 5. The Morgan fingerprint density at radius 1 is 1.30 bits per heavy atom. The van der Waals surface area contributed by atoms with E-state index >= 15 is 0 Å². The van der Waals surface area contributed by atoms with Gasteiger partial charge in [-0.1, -0.05) is 12.1 Å². The molecular weight excluding hydrogens is 429 g/mol. The highest BCUT2D eigenvalue weighted by molar-refractivity contribution is 6.28. The number of methoxy groups -OCH3 is 1. The molecule has 0 radical (unpaired) electrons. The summed E-state index contributed by atoms with van der Waals surface area (Å²) >= 11 is 5.72. The zero-order valence-corrected chi connectivity index (χ0v) is 16.3. The number of rotatable bonds is 6. The number of nitrogens with one attached hydrogen (secondary N) is 1. The van der Waals surface area contributed by atoms with Crippen molar-refractivity contribution in [2.24, 2.45) is 0 Å². The third-order valence-corrected chi connectivity index (χ3v) is 4.29. The first-order valence-electron chi connectivity index (χ1n) is 8.35. The molecule has 1 N–H and O–H groups in total. The average Bonchev–Trinajstić information content (AvgIpc) is 3.13. The van der Waals surface area contributed by atoms with E-state index in [1.165, 1.54) is 7.11 Å². The molecule has 30 heavy (non-hydrogen) atoms. The van der Waals surface area contributed by atoms with Gasteiger partial charge in [-0.3, -0.25) is 10.1 Å². The van der Waals surface area contributed by atoms with Gasteiger partial charge in [0.15, 0.2) is 5.69 Å². The van der Waals surface area contributed by atoms with Crippen molar-refractivity contribution in [1.29, 1.82) is 0 Å². The van der Waals surface area contributed by atoms with Gasteiger partial charge >= 0.3 is 11.9 Å². The van der Waals surface area contributed by atoms with Crippen molar-refractivity contribution in [3.05, 3.63) is 63.2 Å². The number of halogens is 4. The lowest BCUT2D eigenvalue weighted by atomic mass is 10.1. The number of ether oxygens (including phenoxy) is 1. The highest BCUT2D eigenvalue weighted by Crippen LogP contribution is 2.32. The van der Waals surface area contributed by atoms with Gasteiger partial charge in [-0.2, -0.15) is 23.3 Å². The van der Waals surface area contributed by atoms with Gasteiger partial charge in [-0.05, 0) is 36.2 Å². The maximum Gasteiger partial charge on any atom is 0.435 e. The summed E-state index contributed by atoms with van der Waals surface area (Å²) in [6.07, 6.45) is -3.61. The summed E-state index contributed by atoms with van der Waals surface area (Å²) in [5.41, 5.74) is -0.394. The van der Waals surface area contributed by atoms with E-state index in [1.807, 2.05) is 0 Å². The summed E-state index contributed by atoms with van der Waals surface area (Å²) in [6, 6.07) is 6.73. The molecular formula is C17H14ClF3N6O3. The Kier molecular flexibility index (Phi) is 5.78. The molecule has 1 aromatic carbocycles. The van der Waals surface area contributed by atoms with E-state index in [1.54, 1.807) is 31.2 Å². The molecule has 0 saturated carbocycles. The lowest BCUT2D eigenvalue weighted by Gasteiger charge is -2.15. The van der Waals surface area contributed by atoms with Gasteiger partial charge in [0.25, 0.3) is 0 Å². The molecule has 0 aliphatic heterocycles. The number of hydrogen-bond donors (Lipinski definition) is 1. The Balaban J connectivity index is 1.86. The Bertz CT molecular complexity index is 1070. The Morgan fingerprint density at radius 2 is 1.97 bits per heavy atom. The van der Waals surface area contributed by atoms with Crippen LogP contribution in [0, 0.1) is 10.1 Å². The summed E-state index contributed by atoms with van der Waals surface area (Å²) in [7, 11) is 1.24. The largest absolute Gasteiger partial charge is 0.481 e. The van der Waals surface area contributed by atoms with Gasteiger partial charge in [-0.15, -0.1) is 0 Å². The predicted octanol–water partition coefficient (Wildman–Crippen LogP) is 4.42. The highest BCUT2D eigenvalue weighted by atomic mass is 35.5. The second kappa shape index (κ2) is 8.14. The van der Waals surface area contributed by atoms with Crippen LogP contribution in [0.4, 0.5) is 24.7 Å². The fraction of sp³-hybridized carbons (Fsp3) is 0.235. The van der Waals surface area contributed by atoms with E-state index in [2.05, 4.69) is 20.4 Å². The molecule has 0 bridgehead atoms. The molecule has 2 heterocycles. The van der Waals surface area contributed by atoms with E-state index in [9.17, 15) is 23.3 Å². The van der Waals surface area contributed by atoms with Crippen LogP contribution >= 0.6 is 11.6 Å². The summed E-state index contributed by atoms with van der Waals surface area (Å²) in [6.45, 7) is 1.73. The lowest BCUT2D eigenvalue weighted by Crippen LogP contribution is -2.11. The van der Waals surface area contributed by atoms with Gasteiger partial charge in [-0.25, -0.2) is 9.67 Å². The number of anilines is 1. The summed E-state index contributed by atoms with van der Waals surface area (Å²) < 4.78 is 44.8. The van der Waals surface area contributed by atoms with Crippen molar-refractivity contribution < 1.29 is 22.8 Å². The predicted molar refractivity (Wildman–Crippen MR) is 101 cm³/mol. The van der Waals surface area contributed by atoms with Crippen LogP contribution < -0.4 is 10.1 Å². The average molecular weight is 443 g/mol. The fourth-order valence-corrected chi connectivity index (χ4v) is 2.75. The molecule has 13 heteroatoms. The second-order valence-corrected chi connectivity index (χ2v) is 6.41. The SMILES string of the molecule is COc1cc(C(F)(F)F)nn1-c1ccc([C@@H](C)Nc2nc(Cl)ncc2[N+](=O)[O-])cc1. The maximum absolute atomic E-state index is 12.9. The number of benzene rings is 1. The van der Waals surface area contributed by atoms with Crippen molar-refractivity contribution in [2.75, 3.05) is 12.4 Å². The van der Waals surface area contributed by atoms with Crippen molar-refractivity contribution >= 4 is 23.1 Å². The zero-order chi connectivity index (χ0) is 22.1. The monoisotopic (exact) mass is 442 g/mol. The van der Waals surface area contributed by atoms with Crippen LogP contribution in [0.1, 0.15) is 24.2 Å². The zero-order valence-electron chi connectivity index (χ0n) is 15.5. The van der Waals surface area contributed by atoms with Gasteiger partial charge in [0.05, 0.1) is 23.8 Å². The van der Waals surface area contributed by atoms with Gasteiger partial charge in [0.2, 0.25) is 17.0 Å². The highest BCUT2D eigenvalue weighted by Gasteiger charge is 2.35. The molecule has 0 aliphatic carbocycles. The summed E-state index contributed by atoms with van der Waals surface area (Å²) in [5, 5.41) is 17.4. The molecule has 1 atom stereocenters. The molecule has 158 valence electrons. The molecule has 3 rings (SSSR count).